The summed E-state index contributed by atoms with van der Waals surface area (Å²) in [4.78, 5) is 12.9. The van der Waals surface area contributed by atoms with Gasteiger partial charge in [0.1, 0.15) is 0 Å². The third kappa shape index (κ3) is 1.97. The topological polar surface area (TPSA) is 42.7 Å². The van der Waals surface area contributed by atoms with Gasteiger partial charge in [-0.1, -0.05) is 12.8 Å². The van der Waals surface area contributed by atoms with E-state index in [0.717, 1.165) is 38.2 Å². The van der Waals surface area contributed by atoms with Gasteiger partial charge in [0, 0.05) is 12.6 Å². The van der Waals surface area contributed by atoms with E-state index in [1.807, 2.05) is 6.07 Å². The van der Waals surface area contributed by atoms with Crippen LogP contribution in [0.15, 0.2) is 16.5 Å². The lowest BCUT2D eigenvalue weighted by Crippen LogP contribution is -2.52. The van der Waals surface area contributed by atoms with E-state index in [-0.39, 0.29) is 0 Å². The Morgan fingerprint density at radius 1 is 1.29 bits per heavy atom. The largest absolute Gasteiger partial charge is 0.438 e. The summed E-state index contributed by atoms with van der Waals surface area (Å²) in [6.07, 6.45) is 5.89. The van der Waals surface area contributed by atoms with E-state index < -0.39 is 0 Å². The summed E-state index contributed by atoms with van der Waals surface area (Å²) in [6.45, 7) is 1.60. The van der Waals surface area contributed by atoms with Crippen molar-refractivity contribution < 1.29 is 13.9 Å². The molecule has 2 heterocycles. The number of anilines is 1. The SMILES string of the molecule is O=Cc1ccc(N2CCOC3CCCCC32)o1. The first-order valence-electron chi connectivity index (χ1n) is 6.32. The van der Waals surface area contributed by atoms with Crippen LogP contribution in [0.3, 0.4) is 0 Å². The normalized spacial score (nSPS) is 28.8. The second-order valence-electron chi connectivity index (χ2n) is 4.75. The number of hydrogen-bond donors (Lipinski definition) is 0. The van der Waals surface area contributed by atoms with Crippen LogP contribution in [0.2, 0.25) is 0 Å². The fraction of sp³-hybridized carbons (Fsp3) is 0.615. The average Bonchev–Trinajstić information content (AvgIpc) is 2.87. The van der Waals surface area contributed by atoms with E-state index in [0.29, 0.717) is 17.9 Å². The second-order valence-corrected chi connectivity index (χ2v) is 4.75. The zero-order valence-electron chi connectivity index (χ0n) is 9.80. The first kappa shape index (κ1) is 10.8. The highest BCUT2D eigenvalue weighted by Crippen LogP contribution is 2.32. The van der Waals surface area contributed by atoms with Crippen LogP contribution < -0.4 is 4.90 Å². The second kappa shape index (κ2) is 4.53. The maximum absolute atomic E-state index is 10.6. The molecule has 1 aliphatic carbocycles. The first-order valence-corrected chi connectivity index (χ1v) is 6.32. The summed E-state index contributed by atoms with van der Waals surface area (Å²) in [5, 5.41) is 0. The molecule has 1 aromatic rings. The molecule has 3 rings (SSSR count). The first-order chi connectivity index (χ1) is 8.38. The molecule has 2 fully saturated rings. The number of carbonyl (C=O) groups excluding carboxylic acids is 1. The van der Waals surface area contributed by atoms with Crippen molar-refractivity contribution in [1.82, 2.24) is 0 Å². The Morgan fingerprint density at radius 2 is 2.18 bits per heavy atom. The maximum atomic E-state index is 10.6. The smallest absolute Gasteiger partial charge is 0.196 e. The molecule has 0 N–H and O–H groups in total. The number of hydrogen-bond acceptors (Lipinski definition) is 4. The highest BCUT2D eigenvalue weighted by atomic mass is 16.5. The van der Waals surface area contributed by atoms with Crippen molar-refractivity contribution in [2.75, 3.05) is 18.1 Å². The van der Waals surface area contributed by atoms with Gasteiger partial charge in [0.05, 0.1) is 18.8 Å². The van der Waals surface area contributed by atoms with E-state index in [2.05, 4.69) is 4.90 Å². The highest BCUT2D eigenvalue weighted by molar-refractivity contribution is 5.71. The van der Waals surface area contributed by atoms with Crippen molar-refractivity contribution in [3.8, 4) is 0 Å². The van der Waals surface area contributed by atoms with Crippen molar-refractivity contribution in [1.29, 1.82) is 0 Å². The number of aldehydes is 1. The maximum Gasteiger partial charge on any atom is 0.196 e. The summed E-state index contributed by atoms with van der Waals surface area (Å²) in [5.41, 5.74) is 0. The molecule has 1 saturated carbocycles. The Labute approximate surface area is 101 Å². The van der Waals surface area contributed by atoms with Crippen LogP contribution in [0.4, 0.5) is 5.88 Å². The highest BCUT2D eigenvalue weighted by Gasteiger charge is 2.35. The van der Waals surface area contributed by atoms with Gasteiger partial charge in [0.25, 0.3) is 0 Å². The monoisotopic (exact) mass is 235 g/mol. The number of carbonyl (C=O) groups is 1. The van der Waals surface area contributed by atoms with E-state index >= 15 is 0 Å². The molecule has 1 saturated heterocycles. The van der Waals surface area contributed by atoms with Gasteiger partial charge in [-0.3, -0.25) is 4.79 Å². The van der Waals surface area contributed by atoms with Crippen LogP contribution in [0, 0.1) is 0 Å². The van der Waals surface area contributed by atoms with Gasteiger partial charge in [-0.25, -0.2) is 0 Å². The Bertz CT molecular complexity index is 399. The number of nitrogens with zero attached hydrogens (tertiary/aromatic N) is 1. The zero-order valence-corrected chi connectivity index (χ0v) is 9.80. The Hall–Kier alpha value is -1.29. The molecule has 2 atom stereocenters. The van der Waals surface area contributed by atoms with Crippen molar-refractivity contribution >= 4 is 12.2 Å². The minimum Gasteiger partial charge on any atom is -0.438 e. The molecule has 0 spiro atoms. The molecule has 1 aliphatic heterocycles. The lowest BCUT2D eigenvalue weighted by Gasteiger charge is -2.43. The van der Waals surface area contributed by atoms with Gasteiger partial charge in [-0.15, -0.1) is 0 Å². The van der Waals surface area contributed by atoms with Gasteiger partial charge >= 0.3 is 0 Å². The molecule has 2 unspecified atom stereocenters. The predicted molar refractivity (Wildman–Crippen MR) is 63.4 cm³/mol. The quantitative estimate of drug-likeness (QED) is 0.737. The molecular weight excluding hydrogens is 218 g/mol. The number of rotatable bonds is 2. The summed E-state index contributed by atoms with van der Waals surface area (Å²) in [6, 6.07) is 4.04. The third-order valence-electron chi connectivity index (χ3n) is 3.74. The molecule has 1 aromatic heterocycles. The summed E-state index contributed by atoms with van der Waals surface area (Å²) < 4.78 is 11.3. The number of morpholine rings is 1. The molecular formula is C13H17NO3. The van der Waals surface area contributed by atoms with Crippen LogP contribution >= 0.6 is 0 Å². The molecule has 17 heavy (non-hydrogen) atoms. The molecule has 0 bridgehead atoms. The minimum absolute atomic E-state index is 0.335. The van der Waals surface area contributed by atoms with E-state index in [4.69, 9.17) is 9.15 Å². The van der Waals surface area contributed by atoms with E-state index in [9.17, 15) is 4.79 Å². The van der Waals surface area contributed by atoms with Crippen molar-refractivity contribution in [3.05, 3.63) is 17.9 Å². The molecule has 92 valence electrons. The van der Waals surface area contributed by atoms with Gasteiger partial charge in [0.2, 0.25) is 0 Å². The van der Waals surface area contributed by atoms with Crippen LogP contribution in [0.1, 0.15) is 36.2 Å². The lowest BCUT2D eigenvalue weighted by atomic mass is 9.90. The predicted octanol–water partition coefficient (Wildman–Crippen LogP) is 2.24. The van der Waals surface area contributed by atoms with Crippen molar-refractivity contribution in [2.24, 2.45) is 0 Å². The Morgan fingerprint density at radius 3 is 3.00 bits per heavy atom. The van der Waals surface area contributed by atoms with Crippen LogP contribution in [0.5, 0.6) is 0 Å². The van der Waals surface area contributed by atoms with Crippen molar-refractivity contribution in [2.45, 2.75) is 37.8 Å². The van der Waals surface area contributed by atoms with Crippen LogP contribution in [-0.4, -0.2) is 31.6 Å². The molecule has 4 nitrogen and oxygen atoms in total. The summed E-state index contributed by atoms with van der Waals surface area (Å²) in [7, 11) is 0. The van der Waals surface area contributed by atoms with Crippen LogP contribution in [-0.2, 0) is 4.74 Å². The summed E-state index contributed by atoms with van der Waals surface area (Å²) in [5.74, 6) is 1.21. The fourth-order valence-corrected chi connectivity index (χ4v) is 2.93. The third-order valence-corrected chi connectivity index (χ3v) is 3.74. The van der Waals surface area contributed by atoms with Gasteiger partial charge in [0.15, 0.2) is 17.9 Å². The Balaban J connectivity index is 1.82. The standard InChI is InChI=1S/C13H17NO3/c15-9-10-5-6-13(17-10)14-7-8-16-12-4-2-1-3-11(12)14/h5-6,9,11-12H,1-4,7-8H2. The van der Waals surface area contributed by atoms with E-state index in [1.165, 1.54) is 12.8 Å². The van der Waals surface area contributed by atoms with Gasteiger partial charge in [-0.2, -0.15) is 0 Å². The number of fused-ring (bicyclic) bond motifs is 1. The molecule has 0 amide bonds. The number of ether oxygens (including phenoxy) is 1. The number of furan rings is 1. The van der Waals surface area contributed by atoms with E-state index in [1.54, 1.807) is 6.07 Å². The van der Waals surface area contributed by atoms with Crippen molar-refractivity contribution in [3.63, 3.8) is 0 Å². The average molecular weight is 235 g/mol. The van der Waals surface area contributed by atoms with Gasteiger partial charge in [-0.05, 0) is 18.9 Å². The molecule has 4 heteroatoms. The minimum atomic E-state index is 0.335. The fourth-order valence-electron chi connectivity index (χ4n) is 2.93. The molecule has 0 radical (unpaired) electrons. The Kier molecular flexibility index (Phi) is 2.89. The lowest BCUT2D eigenvalue weighted by molar-refractivity contribution is -0.0102. The van der Waals surface area contributed by atoms with Gasteiger partial charge < -0.3 is 14.1 Å². The molecule has 2 aliphatic rings. The molecule has 0 aromatic carbocycles. The summed E-state index contributed by atoms with van der Waals surface area (Å²) >= 11 is 0. The zero-order chi connectivity index (χ0) is 11.7. The van der Waals surface area contributed by atoms with Crippen LogP contribution in [0.25, 0.3) is 0 Å².